The molecule has 0 bridgehead atoms. The lowest BCUT2D eigenvalue weighted by molar-refractivity contribution is -0.127. The molecule has 2 heterocycles. The predicted molar refractivity (Wildman–Crippen MR) is 107 cm³/mol. The van der Waals surface area contributed by atoms with E-state index >= 15 is 0 Å². The molecule has 1 unspecified atom stereocenters. The first-order valence-electron chi connectivity index (χ1n) is 10.4. The van der Waals surface area contributed by atoms with E-state index in [1.165, 1.54) is 19.3 Å². The van der Waals surface area contributed by atoms with E-state index in [0.717, 1.165) is 49.8 Å². The number of rotatable bonds is 4. The highest BCUT2D eigenvalue weighted by Crippen LogP contribution is 2.26. The van der Waals surface area contributed by atoms with Gasteiger partial charge in [0.1, 0.15) is 0 Å². The summed E-state index contributed by atoms with van der Waals surface area (Å²) < 4.78 is 1.90. The number of hydrogen-bond donors (Lipinski definition) is 2. The maximum atomic E-state index is 12.6. The lowest BCUT2D eigenvalue weighted by atomic mass is 9.95. The number of H-pyrrole nitrogens is 1. The molecular weight excluding hydrogens is 340 g/mol. The third-order valence-electron chi connectivity index (χ3n) is 6.37. The third kappa shape index (κ3) is 3.81. The number of para-hydroxylation sites is 2. The van der Waals surface area contributed by atoms with E-state index < -0.39 is 0 Å². The summed E-state index contributed by atoms with van der Waals surface area (Å²) in [5.41, 5.74) is 1.84. The van der Waals surface area contributed by atoms with E-state index in [1.54, 1.807) is 0 Å². The molecule has 0 radical (unpaired) electrons. The number of imidazole rings is 1. The molecule has 27 heavy (non-hydrogen) atoms. The Hall–Kier alpha value is -2.08. The van der Waals surface area contributed by atoms with Crippen molar-refractivity contribution in [1.29, 1.82) is 0 Å². The average molecular weight is 370 g/mol. The summed E-state index contributed by atoms with van der Waals surface area (Å²) >= 11 is 0. The second kappa shape index (κ2) is 7.89. The normalized spacial score (nSPS) is 21.4. The molecule has 2 N–H and O–H groups in total. The first-order valence-corrected chi connectivity index (χ1v) is 10.4. The Bertz CT molecular complexity index is 841. The number of aromatic nitrogens is 2. The molecule has 1 aromatic carbocycles. The van der Waals surface area contributed by atoms with E-state index in [4.69, 9.17) is 0 Å². The van der Waals surface area contributed by atoms with Gasteiger partial charge in [0.05, 0.1) is 17.1 Å². The molecule has 1 atom stereocenters. The number of hydrogen-bond acceptors (Lipinski definition) is 3. The van der Waals surface area contributed by atoms with Crippen LogP contribution in [0.5, 0.6) is 0 Å². The van der Waals surface area contributed by atoms with Crippen molar-refractivity contribution in [3.05, 3.63) is 34.7 Å². The summed E-state index contributed by atoms with van der Waals surface area (Å²) in [4.78, 5) is 30.3. The van der Waals surface area contributed by atoms with Crippen molar-refractivity contribution in [1.82, 2.24) is 19.8 Å². The molecule has 1 aliphatic carbocycles. The van der Waals surface area contributed by atoms with Crippen LogP contribution in [-0.2, 0) is 4.79 Å². The van der Waals surface area contributed by atoms with Crippen LogP contribution in [-0.4, -0.2) is 45.5 Å². The van der Waals surface area contributed by atoms with Gasteiger partial charge in [0, 0.05) is 25.2 Å². The fourth-order valence-electron chi connectivity index (χ4n) is 4.70. The highest BCUT2D eigenvalue weighted by atomic mass is 16.2. The van der Waals surface area contributed by atoms with Gasteiger partial charge in [-0.15, -0.1) is 0 Å². The van der Waals surface area contributed by atoms with Crippen molar-refractivity contribution in [3.8, 4) is 0 Å². The van der Waals surface area contributed by atoms with Gasteiger partial charge in [0.2, 0.25) is 5.91 Å². The smallest absolute Gasteiger partial charge is 0.326 e. The second-order valence-electron chi connectivity index (χ2n) is 8.10. The fourth-order valence-corrected chi connectivity index (χ4v) is 4.70. The third-order valence-corrected chi connectivity index (χ3v) is 6.37. The molecule has 1 saturated heterocycles. The average Bonchev–Trinajstić information content (AvgIpc) is 3.04. The van der Waals surface area contributed by atoms with Gasteiger partial charge < -0.3 is 10.3 Å². The summed E-state index contributed by atoms with van der Waals surface area (Å²) in [7, 11) is 0. The molecule has 146 valence electrons. The van der Waals surface area contributed by atoms with Gasteiger partial charge in [0.25, 0.3) is 0 Å². The van der Waals surface area contributed by atoms with Gasteiger partial charge >= 0.3 is 5.69 Å². The summed E-state index contributed by atoms with van der Waals surface area (Å²) in [5.74, 6) is 0.157. The van der Waals surface area contributed by atoms with Crippen molar-refractivity contribution in [2.75, 3.05) is 13.1 Å². The van der Waals surface area contributed by atoms with Crippen LogP contribution in [0.25, 0.3) is 11.0 Å². The van der Waals surface area contributed by atoms with Crippen molar-refractivity contribution in [3.63, 3.8) is 0 Å². The quantitative estimate of drug-likeness (QED) is 0.869. The first kappa shape index (κ1) is 18.3. The number of benzene rings is 1. The summed E-state index contributed by atoms with van der Waals surface area (Å²) in [6.45, 7) is 3.70. The van der Waals surface area contributed by atoms with Crippen LogP contribution in [0, 0.1) is 0 Å². The Morgan fingerprint density at radius 1 is 1.11 bits per heavy atom. The van der Waals surface area contributed by atoms with Gasteiger partial charge in [-0.25, -0.2) is 4.79 Å². The molecule has 0 spiro atoms. The summed E-state index contributed by atoms with van der Waals surface area (Å²) in [6.07, 6.45) is 7.76. The zero-order chi connectivity index (χ0) is 18.8. The van der Waals surface area contributed by atoms with Crippen molar-refractivity contribution < 1.29 is 4.79 Å². The fraction of sp³-hybridized carbons (Fsp3) is 0.619. The molecule has 6 nitrogen and oxygen atoms in total. The molecule has 4 rings (SSSR count). The Kier molecular flexibility index (Phi) is 5.34. The minimum Gasteiger partial charge on any atom is -0.352 e. The number of fused-ring (bicyclic) bond motifs is 1. The maximum Gasteiger partial charge on any atom is 0.326 e. The summed E-state index contributed by atoms with van der Waals surface area (Å²) in [5, 5.41) is 3.25. The highest BCUT2D eigenvalue weighted by molar-refractivity contribution is 5.81. The van der Waals surface area contributed by atoms with Crippen LogP contribution in [0.2, 0.25) is 0 Å². The van der Waals surface area contributed by atoms with Crippen LogP contribution in [0.4, 0.5) is 0 Å². The zero-order valence-corrected chi connectivity index (χ0v) is 16.1. The number of carbonyl (C=O) groups excluding carboxylic acids is 1. The van der Waals surface area contributed by atoms with Gasteiger partial charge in [-0.1, -0.05) is 31.4 Å². The molecule has 2 fully saturated rings. The summed E-state index contributed by atoms with van der Waals surface area (Å²) in [6, 6.07) is 8.30. The van der Waals surface area contributed by atoms with Crippen LogP contribution in [0.3, 0.4) is 0 Å². The van der Waals surface area contributed by atoms with E-state index in [2.05, 4.69) is 15.2 Å². The Morgan fingerprint density at radius 2 is 1.81 bits per heavy atom. The molecule has 2 aliphatic rings. The Balaban J connectivity index is 1.37. The Morgan fingerprint density at radius 3 is 2.56 bits per heavy atom. The minimum absolute atomic E-state index is 0.0299. The molecule has 1 aromatic heterocycles. The number of aromatic amines is 1. The number of amides is 1. The maximum absolute atomic E-state index is 12.6. The molecule has 1 amide bonds. The van der Waals surface area contributed by atoms with Gasteiger partial charge in [0.15, 0.2) is 0 Å². The number of piperidine rings is 1. The Labute approximate surface area is 159 Å². The van der Waals surface area contributed by atoms with E-state index in [9.17, 15) is 9.59 Å². The van der Waals surface area contributed by atoms with Crippen molar-refractivity contribution >= 4 is 16.9 Å². The largest absolute Gasteiger partial charge is 0.352 e. The number of nitrogens with zero attached hydrogens (tertiary/aromatic N) is 2. The molecule has 2 aromatic rings. The standard InChI is InChI=1S/C21H30N4O2/c1-15(20(26)22-16-7-3-2-4-8-16)24-13-11-17(12-14-24)25-19-10-6-5-9-18(19)23-21(25)27/h5-6,9-10,15-17H,2-4,7-8,11-14H2,1H3,(H,22,26)(H,23,27). The highest BCUT2D eigenvalue weighted by Gasteiger charge is 2.29. The molecule has 1 saturated carbocycles. The predicted octanol–water partition coefficient (Wildman–Crippen LogP) is 2.80. The second-order valence-corrected chi connectivity index (χ2v) is 8.10. The van der Waals surface area contributed by atoms with Gasteiger partial charge in [-0.05, 0) is 44.7 Å². The number of likely N-dealkylation sites (tertiary alicyclic amines) is 1. The van der Waals surface area contributed by atoms with Crippen molar-refractivity contribution in [2.24, 2.45) is 0 Å². The van der Waals surface area contributed by atoms with E-state index in [0.29, 0.717) is 6.04 Å². The first-order chi connectivity index (χ1) is 13.1. The minimum atomic E-state index is -0.104. The zero-order valence-electron chi connectivity index (χ0n) is 16.1. The molecular formula is C21H30N4O2. The van der Waals surface area contributed by atoms with Crippen LogP contribution < -0.4 is 11.0 Å². The molecule has 1 aliphatic heterocycles. The van der Waals surface area contributed by atoms with Gasteiger partial charge in [-0.3, -0.25) is 14.3 Å². The van der Waals surface area contributed by atoms with Crippen LogP contribution in [0.1, 0.15) is 57.9 Å². The van der Waals surface area contributed by atoms with Crippen LogP contribution in [0.15, 0.2) is 29.1 Å². The number of nitrogens with one attached hydrogen (secondary N) is 2. The number of carbonyl (C=O) groups is 1. The lowest BCUT2D eigenvalue weighted by Crippen LogP contribution is -2.51. The molecule has 6 heteroatoms. The van der Waals surface area contributed by atoms with E-state index in [-0.39, 0.29) is 23.7 Å². The SMILES string of the molecule is CC(C(=O)NC1CCCCC1)N1CCC(n2c(=O)[nH]c3ccccc32)CC1. The van der Waals surface area contributed by atoms with Gasteiger partial charge in [-0.2, -0.15) is 0 Å². The topological polar surface area (TPSA) is 70.1 Å². The lowest BCUT2D eigenvalue weighted by Gasteiger charge is -2.36. The van der Waals surface area contributed by atoms with Crippen LogP contribution >= 0.6 is 0 Å². The van der Waals surface area contributed by atoms with Crippen molar-refractivity contribution in [2.45, 2.75) is 70.0 Å². The van der Waals surface area contributed by atoms with E-state index in [1.807, 2.05) is 35.8 Å². The monoisotopic (exact) mass is 370 g/mol.